The molecule has 4 rings (SSSR count). The van der Waals surface area contributed by atoms with E-state index >= 15 is 0 Å². The second-order valence-corrected chi connectivity index (χ2v) is 13.2. The first kappa shape index (κ1) is 33.4. The van der Waals surface area contributed by atoms with E-state index in [2.05, 4.69) is 149 Å². The van der Waals surface area contributed by atoms with E-state index in [-0.39, 0.29) is 35.3 Å². The quantitative estimate of drug-likeness (QED) is 0.149. The van der Waals surface area contributed by atoms with Gasteiger partial charge in [0.1, 0.15) is 0 Å². The number of rotatable bonds is 7. The predicted molar refractivity (Wildman–Crippen MR) is 167 cm³/mol. The molecule has 3 heteroatoms. The van der Waals surface area contributed by atoms with Crippen molar-refractivity contribution >= 4 is 37.1 Å². The van der Waals surface area contributed by atoms with Crippen molar-refractivity contribution in [2.75, 3.05) is 12.3 Å². The first-order valence-electron chi connectivity index (χ1n) is 12.1. The molecule has 0 heterocycles. The van der Waals surface area contributed by atoms with Crippen molar-refractivity contribution in [3.05, 3.63) is 161 Å². The van der Waals surface area contributed by atoms with E-state index in [1.54, 1.807) is 0 Å². The van der Waals surface area contributed by atoms with Gasteiger partial charge < -0.3 is 0 Å². The third-order valence-electron chi connectivity index (χ3n) is 4.82. The van der Waals surface area contributed by atoms with Gasteiger partial charge in [0.05, 0.1) is 0 Å². The minimum Gasteiger partial charge on any atom is -0.0622 e. The Hall–Kier alpha value is -1.64. The van der Waals surface area contributed by atoms with Gasteiger partial charge in [-0.1, -0.05) is 135 Å². The summed E-state index contributed by atoms with van der Waals surface area (Å²) in [5, 5.41) is 5.89. The molecule has 0 nitrogen and oxygen atoms in total. The van der Waals surface area contributed by atoms with Gasteiger partial charge in [-0.05, 0) is 88.9 Å². The summed E-state index contributed by atoms with van der Waals surface area (Å²) in [6.45, 7) is 17.5. The van der Waals surface area contributed by atoms with Crippen molar-refractivity contribution < 1.29 is 19.5 Å². The molecule has 4 aromatic carbocycles. The molecule has 0 amide bonds. The van der Waals surface area contributed by atoms with E-state index in [4.69, 9.17) is 0 Å². The van der Waals surface area contributed by atoms with Gasteiger partial charge >= 0.3 is 19.5 Å². The maximum absolute atomic E-state index is 3.44. The smallest absolute Gasteiger partial charge is 0.0622 e. The van der Waals surface area contributed by atoms with Gasteiger partial charge in [0.25, 0.3) is 0 Å². The molecule has 4 aromatic rings. The molecule has 6 radical (unpaired) electrons. The summed E-state index contributed by atoms with van der Waals surface area (Å²) in [5.41, 5.74) is 0. The van der Waals surface area contributed by atoms with Crippen LogP contribution in [0.25, 0.3) is 0 Å². The molecule has 0 saturated heterocycles. The van der Waals surface area contributed by atoms with Crippen LogP contribution in [0.15, 0.2) is 121 Å². The summed E-state index contributed by atoms with van der Waals surface area (Å²) in [7, 11) is -0.696. The van der Waals surface area contributed by atoms with Crippen molar-refractivity contribution in [1.29, 1.82) is 0 Å². The molecule has 0 aliphatic rings. The molecule has 0 saturated carbocycles. The molecule has 0 aliphatic carbocycles. The summed E-state index contributed by atoms with van der Waals surface area (Å²) in [6.07, 6.45) is 2.41. The van der Waals surface area contributed by atoms with Crippen molar-refractivity contribution in [2.24, 2.45) is 0 Å². The van der Waals surface area contributed by atoms with Gasteiger partial charge in [-0.3, -0.25) is 0 Å². The van der Waals surface area contributed by atoms with Crippen LogP contribution in [0.3, 0.4) is 0 Å². The first-order valence-corrected chi connectivity index (χ1v) is 15.1. The molecule has 37 heavy (non-hydrogen) atoms. The van der Waals surface area contributed by atoms with E-state index in [0.29, 0.717) is 0 Å². The molecule has 0 fully saturated rings. The van der Waals surface area contributed by atoms with Gasteiger partial charge in [-0.25, -0.2) is 0 Å². The number of benzene rings is 4. The van der Waals surface area contributed by atoms with Crippen LogP contribution < -0.4 is 21.2 Å². The first-order chi connectivity index (χ1) is 17.4. The Morgan fingerprint density at radius 1 is 0.432 bits per heavy atom. The Balaban J connectivity index is 0.000000671. The van der Waals surface area contributed by atoms with Crippen LogP contribution >= 0.6 is 15.8 Å². The van der Waals surface area contributed by atoms with Crippen LogP contribution in [0.4, 0.5) is 0 Å². The Morgan fingerprint density at radius 3 is 0.757 bits per heavy atom. The molecule has 0 atom stereocenters. The zero-order chi connectivity index (χ0) is 26.2. The zero-order valence-corrected chi connectivity index (χ0v) is 25.6. The monoisotopic (exact) mass is 610 g/mol. The Labute approximate surface area is 242 Å². The maximum Gasteiger partial charge on any atom is 2.00 e. The summed E-state index contributed by atoms with van der Waals surface area (Å²) in [5.74, 6) is 1.83. The average Bonchev–Trinajstić information content (AvgIpc) is 2.88. The van der Waals surface area contributed by atoms with Gasteiger partial charge in [0.15, 0.2) is 0 Å². The third kappa shape index (κ3) is 13.6. The van der Waals surface area contributed by atoms with Crippen molar-refractivity contribution in [3.63, 3.8) is 0 Å². The number of hydrogen-bond donors (Lipinski definition) is 0. The van der Waals surface area contributed by atoms with Crippen LogP contribution in [0, 0.1) is 39.5 Å². The molecule has 0 spiro atoms. The fourth-order valence-corrected chi connectivity index (χ4v) is 8.80. The molecule has 190 valence electrons. The molecule has 0 N–H and O–H groups in total. The molecule has 0 aliphatic heterocycles. The van der Waals surface area contributed by atoms with E-state index in [0.717, 1.165) is 11.8 Å². The summed E-state index contributed by atoms with van der Waals surface area (Å²) in [4.78, 5) is 0. The van der Waals surface area contributed by atoms with Crippen molar-refractivity contribution in [1.82, 2.24) is 0 Å². The van der Waals surface area contributed by atoms with Crippen LogP contribution in [0.2, 0.25) is 0 Å². The summed E-state index contributed by atoms with van der Waals surface area (Å²) in [6, 6.07) is 44.2. The third-order valence-corrected chi connectivity index (χ3v) is 10.2. The van der Waals surface area contributed by atoms with Crippen molar-refractivity contribution in [3.8, 4) is 0 Å². The Bertz CT molecular complexity index is 878. The van der Waals surface area contributed by atoms with E-state index < -0.39 is 0 Å². The maximum atomic E-state index is 3.44. The molecular formula is C34H38P2Ru+2. The largest absolute Gasteiger partial charge is 2.00 e. The van der Waals surface area contributed by atoms with E-state index in [1.807, 2.05) is 13.8 Å². The molecule has 0 bridgehead atoms. The topological polar surface area (TPSA) is 0 Å². The Kier molecular flexibility index (Phi) is 17.5. The SMILES string of the molecule is [CH2][C]([CH2])C.[CH2][C]([CH2])C.[Ru+2].c1ccc(P(CCP(c2ccccc2)c2ccccc2)c2ccccc2)cc1. The fraction of sp³-hybridized carbons (Fsp3) is 0.118. The van der Waals surface area contributed by atoms with Crippen LogP contribution in [-0.4, -0.2) is 12.3 Å². The second kappa shape index (κ2) is 19.4. The van der Waals surface area contributed by atoms with Gasteiger partial charge in [0.2, 0.25) is 0 Å². The van der Waals surface area contributed by atoms with E-state index in [9.17, 15) is 0 Å². The fourth-order valence-electron chi connectivity index (χ4n) is 3.45. The van der Waals surface area contributed by atoms with Gasteiger partial charge in [-0.2, -0.15) is 0 Å². The van der Waals surface area contributed by atoms with Crippen LogP contribution in [0.1, 0.15) is 13.8 Å². The summed E-state index contributed by atoms with van der Waals surface area (Å²) < 4.78 is 0. The molecule has 0 aromatic heterocycles. The van der Waals surface area contributed by atoms with Gasteiger partial charge in [0, 0.05) is 0 Å². The second-order valence-electron chi connectivity index (χ2n) is 8.56. The Morgan fingerprint density at radius 2 is 0.595 bits per heavy atom. The predicted octanol–water partition coefficient (Wildman–Crippen LogP) is 7.75. The van der Waals surface area contributed by atoms with Gasteiger partial charge in [-0.15, -0.1) is 0 Å². The molecular weight excluding hydrogens is 571 g/mol. The van der Waals surface area contributed by atoms with Crippen LogP contribution in [0.5, 0.6) is 0 Å². The van der Waals surface area contributed by atoms with Crippen LogP contribution in [-0.2, 0) is 19.5 Å². The minimum atomic E-state index is -0.348. The molecule has 0 unspecified atom stereocenters. The van der Waals surface area contributed by atoms with Crippen molar-refractivity contribution in [2.45, 2.75) is 13.8 Å². The zero-order valence-electron chi connectivity index (χ0n) is 22.0. The van der Waals surface area contributed by atoms with E-state index in [1.165, 1.54) is 33.5 Å². The minimum absolute atomic E-state index is 0. The number of hydrogen-bond acceptors (Lipinski definition) is 0. The normalized spacial score (nSPS) is 10.3. The summed E-state index contributed by atoms with van der Waals surface area (Å²) >= 11 is 0. The average molecular weight is 610 g/mol. The standard InChI is InChI=1S/C26H24P2.2C4H7.Ru/c1-5-13-23(14-6-1)27(24-15-7-2-8-16-24)21-22-28(25-17-9-3-10-18-25)26-19-11-4-12-20-26;2*1-4(2)3;/h1-20H,21-22H2;2*1-2H2,3H3;/q;;;+2.